The van der Waals surface area contributed by atoms with Crippen LogP contribution in [0.5, 0.6) is 0 Å². The van der Waals surface area contributed by atoms with Crippen LogP contribution in [0.4, 0.5) is 5.69 Å². The van der Waals surface area contributed by atoms with Gasteiger partial charge in [0, 0.05) is 32.0 Å². The molecule has 4 nitrogen and oxygen atoms in total. The van der Waals surface area contributed by atoms with Gasteiger partial charge in [-0.15, -0.1) is 0 Å². The molecule has 1 amide bonds. The van der Waals surface area contributed by atoms with Gasteiger partial charge in [0.25, 0.3) is 5.91 Å². The molecule has 2 aromatic rings. The summed E-state index contributed by atoms with van der Waals surface area (Å²) in [5.41, 5.74) is 3.83. The molecule has 1 aliphatic heterocycles. The van der Waals surface area contributed by atoms with E-state index in [1.807, 2.05) is 30.1 Å². The van der Waals surface area contributed by atoms with Gasteiger partial charge in [-0.05, 0) is 23.3 Å². The largest absolute Gasteiger partial charge is 0.388 e. The van der Waals surface area contributed by atoms with Gasteiger partial charge in [-0.3, -0.25) is 9.78 Å². The first kappa shape index (κ1) is 11.7. The second-order valence-electron chi connectivity index (χ2n) is 4.61. The van der Waals surface area contributed by atoms with Crippen LogP contribution in [-0.2, 0) is 13.1 Å². The van der Waals surface area contributed by atoms with E-state index in [4.69, 9.17) is 0 Å². The number of amides is 1. The van der Waals surface area contributed by atoms with Crippen molar-refractivity contribution in [1.29, 1.82) is 0 Å². The molecule has 0 saturated heterocycles. The Hall–Kier alpha value is -2.36. The van der Waals surface area contributed by atoms with Crippen molar-refractivity contribution >= 4 is 11.6 Å². The van der Waals surface area contributed by atoms with Crippen LogP contribution in [0.3, 0.4) is 0 Å². The van der Waals surface area contributed by atoms with Gasteiger partial charge in [-0.25, -0.2) is 0 Å². The van der Waals surface area contributed by atoms with E-state index in [1.165, 1.54) is 11.1 Å². The molecule has 0 fully saturated rings. The quantitative estimate of drug-likeness (QED) is 0.893. The lowest BCUT2D eigenvalue weighted by atomic mass is 10.1. The molecule has 1 aromatic heterocycles. The van der Waals surface area contributed by atoms with Gasteiger partial charge in [0.2, 0.25) is 0 Å². The summed E-state index contributed by atoms with van der Waals surface area (Å²) in [6.45, 7) is 1.33. The van der Waals surface area contributed by atoms with E-state index in [2.05, 4.69) is 22.4 Å². The number of benzene rings is 1. The topological polar surface area (TPSA) is 45.2 Å². The molecule has 0 aliphatic carbocycles. The normalized spacial score (nSPS) is 13.2. The number of hydrogen-bond acceptors (Lipinski definition) is 3. The van der Waals surface area contributed by atoms with Crippen molar-refractivity contribution in [2.24, 2.45) is 0 Å². The summed E-state index contributed by atoms with van der Waals surface area (Å²) in [6, 6.07) is 11.8. The number of fused-ring (bicyclic) bond motifs is 1. The minimum absolute atomic E-state index is 0.0201. The van der Waals surface area contributed by atoms with E-state index in [0.717, 1.165) is 5.69 Å². The zero-order valence-corrected chi connectivity index (χ0v) is 10.8. The molecule has 96 valence electrons. The Morgan fingerprint density at radius 1 is 1.21 bits per heavy atom. The van der Waals surface area contributed by atoms with Crippen LogP contribution in [0.25, 0.3) is 0 Å². The van der Waals surface area contributed by atoms with Gasteiger partial charge >= 0.3 is 0 Å². The van der Waals surface area contributed by atoms with Crippen LogP contribution < -0.4 is 5.32 Å². The highest BCUT2D eigenvalue weighted by molar-refractivity contribution is 5.93. The molecular formula is C15H15N3O. The monoisotopic (exact) mass is 253 g/mol. The van der Waals surface area contributed by atoms with Gasteiger partial charge in [0.1, 0.15) is 5.69 Å². The highest BCUT2D eigenvalue weighted by Crippen LogP contribution is 2.23. The number of rotatable bonds is 2. The van der Waals surface area contributed by atoms with Crippen molar-refractivity contribution in [3.05, 3.63) is 59.4 Å². The summed E-state index contributed by atoms with van der Waals surface area (Å²) < 4.78 is 0. The van der Waals surface area contributed by atoms with Crippen LogP contribution in [-0.4, -0.2) is 22.8 Å². The standard InChI is InChI=1S/C15H15N3O/c1-16-13-6-7-17-14(8-13)15(19)18-9-11-4-2-3-5-12(11)10-18/h2-8H,9-10H2,1H3,(H,16,17). The van der Waals surface area contributed by atoms with E-state index < -0.39 is 0 Å². The van der Waals surface area contributed by atoms with E-state index in [9.17, 15) is 4.79 Å². The maximum atomic E-state index is 12.4. The maximum absolute atomic E-state index is 12.4. The number of carbonyl (C=O) groups is 1. The van der Waals surface area contributed by atoms with Crippen molar-refractivity contribution in [2.45, 2.75) is 13.1 Å². The number of hydrogen-bond donors (Lipinski definition) is 1. The molecule has 0 atom stereocenters. The van der Waals surface area contributed by atoms with Crippen molar-refractivity contribution in [1.82, 2.24) is 9.88 Å². The molecule has 0 bridgehead atoms. The third-order valence-corrected chi connectivity index (χ3v) is 3.40. The van der Waals surface area contributed by atoms with Gasteiger partial charge in [-0.2, -0.15) is 0 Å². The Morgan fingerprint density at radius 3 is 2.53 bits per heavy atom. The smallest absolute Gasteiger partial charge is 0.273 e. The number of carbonyl (C=O) groups excluding carboxylic acids is 1. The third-order valence-electron chi connectivity index (χ3n) is 3.40. The molecule has 0 saturated carbocycles. The van der Waals surface area contributed by atoms with E-state index in [1.54, 1.807) is 12.3 Å². The Labute approximate surface area is 112 Å². The number of nitrogens with zero attached hydrogens (tertiary/aromatic N) is 2. The predicted octanol–water partition coefficient (Wildman–Crippen LogP) is 2.28. The highest BCUT2D eigenvalue weighted by atomic mass is 16.2. The van der Waals surface area contributed by atoms with Crippen LogP contribution in [0, 0.1) is 0 Å². The fourth-order valence-corrected chi connectivity index (χ4v) is 2.34. The first-order valence-corrected chi connectivity index (χ1v) is 6.28. The summed E-state index contributed by atoms with van der Waals surface area (Å²) in [4.78, 5) is 18.4. The number of anilines is 1. The fraction of sp³-hybridized carbons (Fsp3) is 0.200. The summed E-state index contributed by atoms with van der Waals surface area (Å²) in [5.74, 6) is -0.0201. The van der Waals surface area contributed by atoms with Gasteiger partial charge < -0.3 is 10.2 Å². The Morgan fingerprint density at radius 2 is 1.89 bits per heavy atom. The average Bonchev–Trinajstić information content (AvgIpc) is 2.90. The highest BCUT2D eigenvalue weighted by Gasteiger charge is 2.24. The molecule has 2 heterocycles. The lowest BCUT2D eigenvalue weighted by molar-refractivity contribution is 0.0745. The van der Waals surface area contributed by atoms with Gasteiger partial charge in [0.05, 0.1) is 0 Å². The molecule has 0 spiro atoms. The van der Waals surface area contributed by atoms with Crippen molar-refractivity contribution in [2.75, 3.05) is 12.4 Å². The predicted molar refractivity (Wildman–Crippen MR) is 73.8 cm³/mol. The maximum Gasteiger partial charge on any atom is 0.273 e. The molecule has 0 unspecified atom stereocenters. The van der Waals surface area contributed by atoms with Crippen LogP contribution in [0.2, 0.25) is 0 Å². The van der Waals surface area contributed by atoms with Gasteiger partial charge in [0.15, 0.2) is 0 Å². The lowest BCUT2D eigenvalue weighted by Gasteiger charge is -2.15. The molecule has 0 radical (unpaired) electrons. The summed E-state index contributed by atoms with van der Waals surface area (Å²) >= 11 is 0. The minimum atomic E-state index is -0.0201. The summed E-state index contributed by atoms with van der Waals surface area (Å²) in [7, 11) is 1.83. The SMILES string of the molecule is CNc1ccnc(C(=O)N2Cc3ccccc3C2)c1. The number of nitrogens with one attached hydrogen (secondary N) is 1. The Kier molecular flexibility index (Phi) is 2.91. The van der Waals surface area contributed by atoms with Crippen molar-refractivity contribution in [3.63, 3.8) is 0 Å². The first-order valence-electron chi connectivity index (χ1n) is 6.28. The molecule has 1 N–H and O–H groups in total. The lowest BCUT2D eigenvalue weighted by Crippen LogP contribution is -2.26. The second-order valence-corrected chi connectivity index (χ2v) is 4.61. The molecule has 3 rings (SSSR count). The van der Waals surface area contributed by atoms with Gasteiger partial charge in [-0.1, -0.05) is 24.3 Å². The second kappa shape index (κ2) is 4.72. The van der Waals surface area contributed by atoms with Crippen molar-refractivity contribution < 1.29 is 4.79 Å². The summed E-state index contributed by atoms with van der Waals surface area (Å²) in [6.07, 6.45) is 1.66. The zero-order valence-electron chi connectivity index (χ0n) is 10.8. The zero-order chi connectivity index (χ0) is 13.2. The molecule has 4 heteroatoms. The Bertz CT molecular complexity index is 599. The van der Waals surface area contributed by atoms with E-state index >= 15 is 0 Å². The Balaban J connectivity index is 1.83. The fourth-order valence-electron chi connectivity index (χ4n) is 2.34. The average molecular weight is 253 g/mol. The number of aromatic nitrogens is 1. The van der Waals surface area contributed by atoms with E-state index in [0.29, 0.717) is 18.8 Å². The van der Waals surface area contributed by atoms with E-state index in [-0.39, 0.29) is 5.91 Å². The molecule has 1 aliphatic rings. The molecule has 19 heavy (non-hydrogen) atoms. The van der Waals surface area contributed by atoms with Crippen LogP contribution >= 0.6 is 0 Å². The van der Waals surface area contributed by atoms with Crippen LogP contribution in [0.15, 0.2) is 42.6 Å². The molecule has 1 aromatic carbocycles. The third kappa shape index (κ3) is 2.17. The van der Waals surface area contributed by atoms with Crippen molar-refractivity contribution in [3.8, 4) is 0 Å². The number of pyridine rings is 1. The summed E-state index contributed by atoms with van der Waals surface area (Å²) in [5, 5.41) is 3.02. The molecular weight excluding hydrogens is 238 g/mol. The minimum Gasteiger partial charge on any atom is -0.388 e. The van der Waals surface area contributed by atoms with Crippen LogP contribution in [0.1, 0.15) is 21.6 Å². The first-order chi connectivity index (χ1) is 9.28.